The molecule has 1 aliphatic carbocycles. The summed E-state index contributed by atoms with van der Waals surface area (Å²) in [4.78, 5) is 12.0. The van der Waals surface area contributed by atoms with Crippen LogP contribution in [0.4, 0.5) is 4.39 Å². The molecule has 20 heavy (non-hydrogen) atoms. The molecule has 0 aliphatic heterocycles. The van der Waals surface area contributed by atoms with Gasteiger partial charge in [0.2, 0.25) is 0 Å². The van der Waals surface area contributed by atoms with Crippen molar-refractivity contribution in [3.63, 3.8) is 0 Å². The van der Waals surface area contributed by atoms with E-state index in [2.05, 4.69) is 6.08 Å². The first-order valence-corrected chi connectivity index (χ1v) is 6.61. The van der Waals surface area contributed by atoms with Gasteiger partial charge in [-0.3, -0.25) is 4.79 Å². The van der Waals surface area contributed by atoms with Gasteiger partial charge in [-0.25, -0.2) is 4.39 Å². The molecule has 0 radical (unpaired) electrons. The first-order valence-electron chi connectivity index (χ1n) is 6.61. The van der Waals surface area contributed by atoms with Gasteiger partial charge in [0.15, 0.2) is 5.78 Å². The maximum absolute atomic E-state index is 13.6. The molecule has 0 heterocycles. The third kappa shape index (κ3) is 3.65. The zero-order chi connectivity index (χ0) is 14.5. The highest BCUT2D eigenvalue weighted by molar-refractivity contribution is 6.58. The molecule has 0 amide bonds. The van der Waals surface area contributed by atoms with E-state index in [0.717, 1.165) is 18.9 Å². The van der Waals surface area contributed by atoms with Crippen molar-refractivity contribution in [2.75, 3.05) is 0 Å². The number of benzene rings is 1. The maximum atomic E-state index is 13.6. The van der Waals surface area contributed by atoms with Gasteiger partial charge < -0.3 is 10.0 Å². The number of hydrogen-bond donors (Lipinski definition) is 2. The van der Waals surface area contributed by atoms with Gasteiger partial charge in [-0.05, 0) is 25.3 Å². The van der Waals surface area contributed by atoms with Crippen LogP contribution in [0.1, 0.15) is 36.0 Å². The van der Waals surface area contributed by atoms with Gasteiger partial charge >= 0.3 is 7.12 Å². The maximum Gasteiger partial charge on any atom is 0.491 e. The third-order valence-corrected chi connectivity index (χ3v) is 3.37. The molecule has 0 spiro atoms. The van der Waals surface area contributed by atoms with Gasteiger partial charge in [-0.1, -0.05) is 35.9 Å². The summed E-state index contributed by atoms with van der Waals surface area (Å²) in [7, 11) is -1.86. The Kier molecular flexibility index (Phi) is 4.87. The van der Waals surface area contributed by atoms with Crippen molar-refractivity contribution in [3.05, 3.63) is 53.4 Å². The summed E-state index contributed by atoms with van der Waals surface area (Å²) in [5, 5.41) is 17.8. The lowest BCUT2D eigenvalue weighted by Gasteiger charge is -2.09. The Balaban J connectivity index is 2.00. The van der Waals surface area contributed by atoms with E-state index < -0.39 is 12.9 Å². The largest absolute Gasteiger partial charge is 0.491 e. The van der Waals surface area contributed by atoms with Crippen molar-refractivity contribution in [3.8, 4) is 0 Å². The van der Waals surface area contributed by atoms with Gasteiger partial charge in [0.1, 0.15) is 5.82 Å². The zero-order valence-corrected chi connectivity index (χ0v) is 11.1. The SMILES string of the molecule is O=C(CCC1=CC=CCC1)c1ccc(B(O)O)c(F)c1. The van der Waals surface area contributed by atoms with Crippen molar-refractivity contribution >= 4 is 18.4 Å². The molecule has 1 aromatic rings. The van der Waals surface area contributed by atoms with Crippen LogP contribution in [0.5, 0.6) is 0 Å². The molecule has 1 aromatic carbocycles. The van der Waals surface area contributed by atoms with Crippen LogP contribution >= 0.6 is 0 Å². The summed E-state index contributed by atoms with van der Waals surface area (Å²) in [6.07, 6.45) is 9.06. The minimum atomic E-state index is -1.86. The normalized spacial score (nSPS) is 14.1. The molecule has 3 nitrogen and oxygen atoms in total. The molecule has 104 valence electrons. The molecule has 0 atom stereocenters. The lowest BCUT2D eigenvalue weighted by molar-refractivity contribution is 0.0982. The van der Waals surface area contributed by atoms with E-state index in [4.69, 9.17) is 10.0 Å². The van der Waals surface area contributed by atoms with Gasteiger partial charge in [-0.15, -0.1) is 0 Å². The summed E-state index contributed by atoms with van der Waals surface area (Å²) in [6, 6.07) is 3.72. The monoisotopic (exact) mass is 274 g/mol. The van der Waals surface area contributed by atoms with E-state index in [9.17, 15) is 9.18 Å². The molecule has 0 fully saturated rings. The molecule has 1 aliphatic rings. The molecule has 0 saturated carbocycles. The van der Waals surface area contributed by atoms with Gasteiger partial charge in [0, 0.05) is 17.4 Å². The summed E-state index contributed by atoms with van der Waals surface area (Å²) < 4.78 is 13.6. The third-order valence-electron chi connectivity index (χ3n) is 3.37. The molecular weight excluding hydrogens is 258 g/mol. The molecule has 2 rings (SSSR count). The first kappa shape index (κ1) is 14.7. The second-order valence-corrected chi connectivity index (χ2v) is 4.82. The zero-order valence-electron chi connectivity index (χ0n) is 11.1. The lowest BCUT2D eigenvalue weighted by atomic mass is 9.79. The van der Waals surface area contributed by atoms with Crippen LogP contribution in [-0.4, -0.2) is 22.9 Å². The van der Waals surface area contributed by atoms with Crippen LogP contribution in [-0.2, 0) is 0 Å². The summed E-state index contributed by atoms with van der Waals surface area (Å²) in [5.74, 6) is -0.913. The molecule has 2 N–H and O–H groups in total. The molecule has 5 heteroatoms. The van der Waals surface area contributed by atoms with Crippen molar-refractivity contribution in [1.82, 2.24) is 0 Å². The molecule has 0 unspecified atom stereocenters. The highest BCUT2D eigenvalue weighted by atomic mass is 19.1. The van der Waals surface area contributed by atoms with Crippen LogP contribution < -0.4 is 5.46 Å². The minimum Gasteiger partial charge on any atom is -0.423 e. The van der Waals surface area contributed by atoms with E-state index in [0.29, 0.717) is 12.8 Å². The Bertz CT molecular complexity index is 564. The van der Waals surface area contributed by atoms with Gasteiger partial charge in [0.25, 0.3) is 0 Å². The molecule has 0 saturated heterocycles. The minimum absolute atomic E-state index is 0.140. The predicted molar refractivity (Wildman–Crippen MR) is 76.2 cm³/mol. The van der Waals surface area contributed by atoms with Crippen LogP contribution in [0.2, 0.25) is 0 Å². The number of allylic oxidation sites excluding steroid dienone is 4. The molecular formula is C15H16BFO3. The smallest absolute Gasteiger partial charge is 0.423 e. The van der Waals surface area contributed by atoms with Crippen molar-refractivity contribution in [1.29, 1.82) is 0 Å². The quantitative estimate of drug-likeness (QED) is 0.635. The molecule has 0 bridgehead atoms. The highest BCUT2D eigenvalue weighted by Crippen LogP contribution is 2.18. The second-order valence-electron chi connectivity index (χ2n) is 4.82. The Hall–Kier alpha value is -1.72. The van der Waals surface area contributed by atoms with Crippen LogP contribution in [0.15, 0.2) is 42.0 Å². The van der Waals surface area contributed by atoms with Crippen molar-refractivity contribution in [2.45, 2.75) is 25.7 Å². The van der Waals surface area contributed by atoms with E-state index >= 15 is 0 Å². The average Bonchev–Trinajstić information content (AvgIpc) is 2.45. The van der Waals surface area contributed by atoms with Gasteiger partial charge in [0.05, 0.1) is 0 Å². The lowest BCUT2D eigenvalue weighted by Crippen LogP contribution is -2.32. The second kappa shape index (κ2) is 6.63. The first-order chi connectivity index (χ1) is 9.58. The number of carbonyl (C=O) groups excluding carboxylic acids is 1. The Morgan fingerprint density at radius 1 is 1.35 bits per heavy atom. The van der Waals surface area contributed by atoms with Crippen molar-refractivity contribution in [2.24, 2.45) is 0 Å². The van der Waals surface area contributed by atoms with E-state index in [1.165, 1.54) is 17.7 Å². The van der Waals surface area contributed by atoms with E-state index in [1.54, 1.807) is 0 Å². The number of hydrogen-bond acceptors (Lipinski definition) is 3. The van der Waals surface area contributed by atoms with E-state index in [1.807, 2.05) is 12.2 Å². The summed E-state index contributed by atoms with van der Waals surface area (Å²) >= 11 is 0. The fraction of sp³-hybridized carbons (Fsp3) is 0.267. The standard InChI is InChI=1S/C15H16BFO3/c17-14-10-12(7-8-13(14)16(19)20)15(18)9-6-11-4-2-1-3-5-11/h1-2,4,7-8,10,19-20H,3,5-6,9H2. The number of Topliss-reactive ketones (excluding diaryl/α,β-unsaturated/α-hetero) is 1. The Labute approximate surface area is 117 Å². The van der Waals surface area contributed by atoms with Crippen LogP contribution in [0.25, 0.3) is 0 Å². The van der Waals surface area contributed by atoms with Crippen LogP contribution in [0.3, 0.4) is 0 Å². The van der Waals surface area contributed by atoms with Crippen LogP contribution in [0, 0.1) is 5.82 Å². The average molecular weight is 274 g/mol. The Morgan fingerprint density at radius 3 is 2.75 bits per heavy atom. The van der Waals surface area contributed by atoms with Gasteiger partial charge in [-0.2, -0.15) is 0 Å². The molecule has 0 aromatic heterocycles. The van der Waals surface area contributed by atoms with Crippen molar-refractivity contribution < 1.29 is 19.2 Å². The summed E-state index contributed by atoms with van der Waals surface area (Å²) in [6.45, 7) is 0. The highest BCUT2D eigenvalue weighted by Gasteiger charge is 2.18. The fourth-order valence-electron chi connectivity index (χ4n) is 2.19. The fourth-order valence-corrected chi connectivity index (χ4v) is 2.19. The number of ketones is 1. The predicted octanol–water partition coefficient (Wildman–Crippen LogP) is 1.74. The number of rotatable bonds is 5. The summed E-state index contributed by atoms with van der Waals surface area (Å²) in [5.41, 5.74) is 1.27. The Morgan fingerprint density at radius 2 is 2.15 bits per heavy atom. The number of carbonyl (C=O) groups is 1. The van der Waals surface area contributed by atoms with E-state index in [-0.39, 0.29) is 16.8 Å². The topological polar surface area (TPSA) is 57.5 Å². The number of halogens is 1.